The molecule has 1 aliphatic heterocycles. The van der Waals surface area contributed by atoms with E-state index in [2.05, 4.69) is 10.6 Å². The summed E-state index contributed by atoms with van der Waals surface area (Å²) in [6.45, 7) is 5.98. The smallest absolute Gasteiger partial charge is 0.407 e. The van der Waals surface area contributed by atoms with Gasteiger partial charge < -0.3 is 21.1 Å². The molecule has 4 N–H and O–H groups in total. The summed E-state index contributed by atoms with van der Waals surface area (Å²) < 4.78 is 5.24. The van der Waals surface area contributed by atoms with Crippen molar-refractivity contribution in [3.05, 3.63) is 29.3 Å². The largest absolute Gasteiger partial charge is 0.444 e. The summed E-state index contributed by atoms with van der Waals surface area (Å²) in [6.07, 6.45) is 0.187. The Hall–Kier alpha value is -2.24. The molecule has 1 unspecified atom stereocenters. The number of fused-ring (bicyclic) bond motifs is 1. The van der Waals surface area contributed by atoms with Crippen molar-refractivity contribution in [2.24, 2.45) is 5.73 Å². The van der Waals surface area contributed by atoms with Gasteiger partial charge in [-0.3, -0.25) is 4.79 Å². The molecule has 0 bridgehead atoms. The molecular weight excluding hydrogens is 270 g/mol. The van der Waals surface area contributed by atoms with Gasteiger partial charge in [-0.25, -0.2) is 4.79 Å². The molecule has 1 aliphatic rings. The van der Waals surface area contributed by atoms with Gasteiger partial charge in [0, 0.05) is 6.54 Å². The fraction of sp³-hybridized carbons (Fsp3) is 0.467. The zero-order valence-corrected chi connectivity index (χ0v) is 12.5. The van der Waals surface area contributed by atoms with Crippen molar-refractivity contribution in [2.45, 2.75) is 38.8 Å². The zero-order valence-electron chi connectivity index (χ0n) is 12.5. The lowest BCUT2D eigenvalue weighted by atomic mass is 9.96. The van der Waals surface area contributed by atoms with Crippen LogP contribution in [0.3, 0.4) is 0 Å². The van der Waals surface area contributed by atoms with Crippen LogP contribution in [0.5, 0.6) is 0 Å². The van der Waals surface area contributed by atoms with E-state index in [1.165, 1.54) is 0 Å². The molecule has 6 nitrogen and oxygen atoms in total. The quantitative estimate of drug-likeness (QED) is 0.772. The molecule has 1 heterocycles. The minimum atomic E-state index is -0.525. The first-order chi connectivity index (χ1) is 9.76. The predicted octanol–water partition coefficient (Wildman–Crippen LogP) is 1.65. The van der Waals surface area contributed by atoms with Crippen LogP contribution in [-0.4, -0.2) is 30.2 Å². The van der Waals surface area contributed by atoms with Gasteiger partial charge in [0.1, 0.15) is 5.60 Å². The molecule has 0 spiro atoms. The fourth-order valence-electron chi connectivity index (χ4n) is 2.32. The van der Waals surface area contributed by atoms with Crippen molar-refractivity contribution >= 4 is 17.7 Å². The number of carbonyl (C=O) groups is 2. The predicted molar refractivity (Wildman–Crippen MR) is 80.3 cm³/mol. The van der Waals surface area contributed by atoms with Crippen LogP contribution in [0.15, 0.2) is 18.2 Å². The first kappa shape index (κ1) is 15.2. The van der Waals surface area contributed by atoms with Crippen LogP contribution >= 0.6 is 0 Å². The number of nitrogens with one attached hydrogen (secondary N) is 2. The molecule has 2 amide bonds. The molecule has 1 atom stereocenters. The minimum Gasteiger partial charge on any atom is -0.444 e. The second kappa shape index (κ2) is 5.63. The van der Waals surface area contributed by atoms with Gasteiger partial charge in [-0.2, -0.15) is 0 Å². The van der Waals surface area contributed by atoms with Crippen LogP contribution in [-0.2, 0) is 11.2 Å². The van der Waals surface area contributed by atoms with E-state index in [1.807, 2.05) is 26.8 Å². The number of carbonyl (C=O) groups excluding carboxylic acids is 2. The Bertz CT molecular complexity index is 564. The lowest BCUT2D eigenvalue weighted by Crippen LogP contribution is -2.45. The van der Waals surface area contributed by atoms with Crippen molar-refractivity contribution in [1.82, 2.24) is 5.32 Å². The summed E-state index contributed by atoms with van der Waals surface area (Å²) in [4.78, 5) is 23.2. The summed E-state index contributed by atoms with van der Waals surface area (Å²) in [5, 5.41) is 5.98. The molecule has 2 rings (SSSR count). The highest BCUT2D eigenvalue weighted by Crippen LogP contribution is 2.26. The van der Waals surface area contributed by atoms with Gasteiger partial charge in [-0.1, -0.05) is 12.1 Å². The van der Waals surface area contributed by atoms with Crippen molar-refractivity contribution < 1.29 is 14.3 Å². The summed E-state index contributed by atoms with van der Waals surface area (Å²) in [6, 6.07) is 5.31. The molecule has 0 saturated carbocycles. The fourth-order valence-corrected chi connectivity index (χ4v) is 2.32. The van der Waals surface area contributed by atoms with E-state index >= 15 is 0 Å². The third-order valence-corrected chi connectivity index (χ3v) is 3.13. The highest BCUT2D eigenvalue weighted by Gasteiger charge is 2.25. The minimum absolute atomic E-state index is 0.0875. The topological polar surface area (TPSA) is 93.4 Å². The number of ether oxygens (including phenoxy) is 1. The number of hydrogen-bond donors (Lipinski definition) is 3. The lowest BCUT2D eigenvalue weighted by Gasteiger charge is -2.29. The van der Waals surface area contributed by atoms with Crippen LogP contribution < -0.4 is 16.4 Å². The van der Waals surface area contributed by atoms with Gasteiger partial charge in [0.05, 0.1) is 17.3 Å². The van der Waals surface area contributed by atoms with E-state index in [1.54, 1.807) is 12.1 Å². The van der Waals surface area contributed by atoms with E-state index < -0.39 is 17.6 Å². The Morgan fingerprint density at radius 3 is 2.71 bits per heavy atom. The summed E-state index contributed by atoms with van der Waals surface area (Å²) in [5.41, 5.74) is 7.02. The third-order valence-electron chi connectivity index (χ3n) is 3.13. The number of benzene rings is 1. The molecule has 1 aromatic carbocycles. The summed E-state index contributed by atoms with van der Waals surface area (Å²) in [5.74, 6) is -0.460. The molecule has 0 radical (unpaired) electrons. The van der Waals surface area contributed by atoms with Crippen molar-refractivity contribution in [3.8, 4) is 0 Å². The number of amides is 2. The first-order valence-electron chi connectivity index (χ1n) is 6.91. The van der Waals surface area contributed by atoms with Crippen molar-refractivity contribution in [2.75, 3.05) is 11.9 Å². The van der Waals surface area contributed by atoms with Gasteiger partial charge >= 0.3 is 6.09 Å². The molecular formula is C15H21N3O3. The van der Waals surface area contributed by atoms with Crippen molar-refractivity contribution in [1.29, 1.82) is 0 Å². The Labute approximate surface area is 124 Å². The second-order valence-electron chi connectivity index (χ2n) is 6.13. The van der Waals surface area contributed by atoms with Gasteiger partial charge in [-0.05, 0) is 38.8 Å². The molecule has 0 aliphatic carbocycles. The number of para-hydroxylation sites is 1. The molecule has 0 fully saturated rings. The van der Waals surface area contributed by atoms with Gasteiger partial charge in [0.15, 0.2) is 0 Å². The number of nitrogens with two attached hydrogens (primary N) is 1. The molecule has 114 valence electrons. The molecule has 21 heavy (non-hydrogen) atoms. The summed E-state index contributed by atoms with van der Waals surface area (Å²) in [7, 11) is 0. The maximum atomic E-state index is 11.8. The number of primary amides is 1. The first-order valence-corrected chi connectivity index (χ1v) is 6.91. The molecule has 0 aromatic heterocycles. The van der Waals surface area contributed by atoms with E-state index in [0.29, 0.717) is 18.5 Å². The number of alkyl carbamates (subject to hydrolysis) is 1. The average Bonchev–Trinajstić information content (AvgIpc) is 2.35. The third kappa shape index (κ3) is 3.87. The molecule has 0 saturated heterocycles. The molecule has 1 aromatic rings. The highest BCUT2D eigenvalue weighted by atomic mass is 16.6. The number of anilines is 1. The normalized spacial score (nSPS) is 17.4. The Kier molecular flexibility index (Phi) is 4.06. The van der Waals surface area contributed by atoms with Crippen LogP contribution in [0.4, 0.5) is 10.5 Å². The van der Waals surface area contributed by atoms with Gasteiger partial charge in [-0.15, -0.1) is 0 Å². The maximum absolute atomic E-state index is 11.8. The number of hydrogen-bond acceptors (Lipinski definition) is 4. The zero-order chi connectivity index (χ0) is 15.6. The Balaban J connectivity index is 2.05. The van der Waals surface area contributed by atoms with Crippen LogP contribution in [0.25, 0.3) is 0 Å². The average molecular weight is 291 g/mol. The van der Waals surface area contributed by atoms with E-state index in [0.717, 1.165) is 11.3 Å². The molecule has 6 heteroatoms. The lowest BCUT2D eigenvalue weighted by molar-refractivity contribution is 0.0506. The van der Waals surface area contributed by atoms with Crippen molar-refractivity contribution in [3.63, 3.8) is 0 Å². The summed E-state index contributed by atoms with van der Waals surface area (Å²) >= 11 is 0. The second-order valence-corrected chi connectivity index (χ2v) is 6.13. The van der Waals surface area contributed by atoms with Crippen LogP contribution in [0.2, 0.25) is 0 Å². The Morgan fingerprint density at radius 1 is 1.38 bits per heavy atom. The highest BCUT2D eigenvalue weighted by molar-refractivity contribution is 5.99. The van der Waals surface area contributed by atoms with E-state index in [4.69, 9.17) is 10.5 Å². The van der Waals surface area contributed by atoms with Crippen LogP contribution in [0.1, 0.15) is 36.7 Å². The van der Waals surface area contributed by atoms with E-state index in [-0.39, 0.29) is 6.04 Å². The van der Waals surface area contributed by atoms with Crippen LogP contribution in [0, 0.1) is 0 Å². The standard InChI is InChI=1S/C15H21N3O3/c1-15(2,3)21-14(20)18-10-7-9-5-4-6-11(13(16)19)12(9)17-8-10/h4-6,10,17H,7-8H2,1-3H3,(H2,16,19)(H,18,20). The maximum Gasteiger partial charge on any atom is 0.407 e. The number of rotatable bonds is 2. The Morgan fingerprint density at radius 2 is 2.10 bits per heavy atom. The monoisotopic (exact) mass is 291 g/mol. The SMILES string of the molecule is CC(C)(C)OC(=O)NC1CNc2c(cccc2C(N)=O)C1. The van der Waals surface area contributed by atoms with Gasteiger partial charge in [0.25, 0.3) is 5.91 Å². The van der Waals surface area contributed by atoms with Gasteiger partial charge in [0.2, 0.25) is 0 Å². The van der Waals surface area contributed by atoms with E-state index in [9.17, 15) is 9.59 Å².